The quantitative estimate of drug-likeness (QED) is 0.897. The van der Waals surface area contributed by atoms with E-state index in [1.54, 1.807) is 6.92 Å². The number of halogens is 1. The maximum absolute atomic E-state index is 10.3. The molecule has 1 atom stereocenters. The van der Waals surface area contributed by atoms with Gasteiger partial charge in [-0.15, -0.1) is 0 Å². The zero-order valence-corrected chi connectivity index (χ0v) is 12.1. The number of ether oxygens (including phenoxy) is 1. The minimum absolute atomic E-state index is 0.295. The topological polar surface area (TPSA) is 49.7 Å². The van der Waals surface area contributed by atoms with Crippen LogP contribution in [0, 0.1) is 0 Å². The molecule has 18 heavy (non-hydrogen) atoms. The van der Waals surface area contributed by atoms with Gasteiger partial charge in [-0.1, -0.05) is 34.8 Å². The highest BCUT2D eigenvalue weighted by Crippen LogP contribution is 2.33. The van der Waals surface area contributed by atoms with Crippen molar-refractivity contribution in [3.63, 3.8) is 0 Å². The molecule has 0 aromatic heterocycles. The highest BCUT2D eigenvalue weighted by Gasteiger charge is 2.32. The van der Waals surface area contributed by atoms with Crippen molar-refractivity contribution in [3.8, 4) is 5.75 Å². The highest BCUT2D eigenvalue weighted by molar-refractivity contribution is 9.10. The molecule has 1 aromatic rings. The summed E-state index contributed by atoms with van der Waals surface area (Å²) in [7, 11) is 0. The molecule has 2 rings (SSSR count). The Morgan fingerprint density at radius 3 is 2.67 bits per heavy atom. The summed E-state index contributed by atoms with van der Waals surface area (Å²) in [6.45, 7) is 2.00. The van der Waals surface area contributed by atoms with Gasteiger partial charge in [0.05, 0.1) is 11.7 Å². The number of rotatable bonds is 4. The molecule has 1 aliphatic carbocycles. The lowest BCUT2D eigenvalue weighted by molar-refractivity contribution is 0.000454. The Bertz CT molecular complexity index is 412. The van der Waals surface area contributed by atoms with Gasteiger partial charge < -0.3 is 14.9 Å². The van der Waals surface area contributed by atoms with Crippen LogP contribution in [0.1, 0.15) is 44.3 Å². The summed E-state index contributed by atoms with van der Waals surface area (Å²) >= 11 is 3.39. The monoisotopic (exact) mass is 314 g/mol. The first-order valence-corrected chi connectivity index (χ1v) is 7.12. The molecule has 1 unspecified atom stereocenters. The van der Waals surface area contributed by atoms with E-state index in [1.165, 1.54) is 0 Å². The van der Waals surface area contributed by atoms with Gasteiger partial charge in [-0.3, -0.25) is 0 Å². The average Bonchev–Trinajstić information content (AvgIpc) is 2.74. The fourth-order valence-electron chi connectivity index (χ4n) is 2.37. The standard InChI is InChI=1S/C14H19BrO3/c1-10(16)12-5-4-11(15)8-13(12)18-9-14(17)6-2-3-7-14/h4-5,8,10,16-17H,2-3,6-7,9H2,1H3. The van der Waals surface area contributed by atoms with Crippen LogP contribution in [0.2, 0.25) is 0 Å². The van der Waals surface area contributed by atoms with E-state index < -0.39 is 11.7 Å². The maximum Gasteiger partial charge on any atom is 0.126 e. The van der Waals surface area contributed by atoms with Crippen LogP contribution in [-0.4, -0.2) is 22.4 Å². The molecule has 0 amide bonds. The van der Waals surface area contributed by atoms with E-state index in [-0.39, 0.29) is 0 Å². The van der Waals surface area contributed by atoms with E-state index in [0.29, 0.717) is 12.4 Å². The fraction of sp³-hybridized carbons (Fsp3) is 0.571. The Kier molecular flexibility index (Phi) is 4.30. The molecular formula is C14H19BrO3. The Hall–Kier alpha value is -0.580. The predicted octanol–water partition coefficient (Wildman–Crippen LogP) is 3.19. The van der Waals surface area contributed by atoms with Gasteiger partial charge in [0, 0.05) is 10.0 Å². The van der Waals surface area contributed by atoms with Crippen molar-refractivity contribution in [1.29, 1.82) is 0 Å². The predicted molar refractivity (Wildman–Crippen MR) is 73.7 cm³/mol. The molecule has 1 saturated carbocycles. The normalized spacial score (nSPS) is 19.8. The van der Waals surface area contributed by atoms with E-state index in [1.807, 2.05) is 18.2 Å². The molecule has 4 heteroatoms. The third kappa shape index (κ3) is 3.25. The molecule has 0 saturated heterocycles. The summed E-state index contributed by atoms with van der Waals surface area (Å²) in [6, 6.07) is 5.54. The van der Waals surface area contributed by atoms with Crippen molar-refractivity contribution in [2.45, 2.75) is 44.3 Å². The number of hydrogen-bond donors (Lipinski definition) is 2. The number of hydrogen-bond acceptors (Lipinski definition) is 3. The second kappa shape index (κ2) is 5.59. The third-order valence-electron chi connectivity index (χ3n) is 3.46. The third-order valence-corrected chi connectivity index (χ3v) is 3.95. The number of aliphatic hydroxyl groups excluding tert-OH is 1. The Morgan fingerprint density at radius 2 is 2.06 bits per heavy atom. The van der Waals surface area contributed by atoms with Crippen molar-refractivity contribution in [3.05, 3.63) is 28.2 Å². The van der Waals surface area contributed by atoms with Crippen LogP contribution in [0.25, 0.3) is 0 Å². The van der Waals surface area contributed by atoms with Crippen LogP contribution >= 0.6 is 15.9 Å². The summed E-state index contributed by atoms with van der Waals surface area (Å²) in [5.41, 5.74) is 0.0537. The molecule has 1 fully saturated rings. The second-order valence-corrected chi connectivity index (χ2v) is 5.99. The van der Waals surface area contributed by atoms with E-state index in [0.717, 1.165) is 35.7 Å². The first kappa shape index (κ1) is 13.8. The first-order chi connectivity index (χ1) is 8.50. The number of benzene rings is 1. The van der Waals surface area contributed by atoms with E-state index in [4.69, 9.17) is 4.74 Å². The molecule has 0 heterocycles. The minimum Gasteiger partial charge on any atom is -0.490 e. The summed E-state index contributed by atoms with van der Waals surface area (Å²) < 4.78 is 6.63. The van der Waals surface area contributed by atoms with E-state index in [9.17, 15) is 10.2 Å². The molecule has 1 aromatic carbocycles. The summed E-state index contributed by atoms with van der Waals surface area (Å²) in [5, 5.41) is 19.9. The lowest BCUT2D eigenvalue weighted by atomic mass is 10.0. The summed E-state index contributed by atoms with van der Waals surface area (Å²) in [5.74, 6) is 0.639. The maximum atomic E-state index is 10.3. The lowest BCUT2D eigenvalue weighted by Gasteiger charge is -2.23. The SMILES string of the molecule is CC(O)c1ccc(Br)cc1OCC1(O)CCCC1. The van der Waals surface area contributed by atoms with Gasteiger partial charge in [0.2, 0.25) is 0 Å². The average molecular weight is 315 g/mol. The van der Waals surface area contributed by atoms with Crippen LogP contribution in [0.5, 0.6) is 5.75 Å². The van der Waals surface area contributed by atoms with Gasteiger partial charge >= 0.3 is 0 Å². The molecule has 3 nitrogen and oxygen atoms in total. The van der Waals surface area contributed by atoms with Gasteiger partial charge in [0.15, 0.2) is 0 Å². The smallest absolute Gasteiger partial charge is 0.126 e. The summed E-state index contributed by atoms with van der Waals surface area (Å²) in [6.07, 6.45) is 3.13. The van der Waals surface area contributed by atoms with Crippen LogP contribution in [0.15, 0.2) is 22.7 Å². The van der Waals surface area contributed by atoms with Crippen molar-refractivity contribution in [2.24, 2.45) is 0 Å². The highest BCUT2D eigenvalue weighted by atomic mass is 79.9. The van der Waals surface area contributed by atoms with Gasteiger partial charge in [0.25, 0.3) is 0 Å². The van der Waals surface area contributed by atoms with Crippen LogP contribution < -0.4 is 4.74 Å². The molecule has 0 bridgehead atoms. The van der Waals surface area contributed by atoms with Crippen molar-refractivity contribution in [2.75, 3.05) is 6.61 Å². The van der Waals surface area contributed by atoms with Gasteiger partial charge in [-0.05, 0) is 31.9 Å². The van der Waals surface area contributed by atoms with Crippen molar-refractivity contribution in [1.82, 2.24) is 0 Å². The van der Waals surface area contributed by atoms with Crippen LogP contribution in [0.4, 0.5) is 0 Å². The molecular weight excluding hydrogens is 296 g/mol. The molecule has 100 valence electrons. The Balaban J connectivity index is 2.10. The van der Waals surface area contributed by atoms with Crippen molar-refractivity contribution < 1.29 is 14.9 Å². The van der Waals surface area contributed by atoms with Crippen LogP contribution in [0.3, 0.4) is 0 Å². The van der Waals surface area contributed by atoms with E-state index in [2.05, 4.69) is 15.9 Å². The van der Waals surface area contributed by atoms with Gasteiger partial charge in [0.1, 0.15) is 12.4 Å². The molecule has 0 spiro atoms. The molecule has 0 aliphatic heterocycles. The van der Waals surface area contributed by atoms with Gasteiger partial charge in [-0.2, -0.15) is 0 Å². The first-order valence-electron chi connectivity index (χ1n) is 6.33. The fourth-order valence-corrected chi connectivity index (χ4v) is 2.71. The zero-order valence-electron chi connectivity index (χ0n) is 10.5. The minimum atomic E-state index is -0.696. The summed E-state index contributed by atoms with van der Waals surface area (Å²) in [4.78, 5) is 0. The molecule has 1 aliphatic rings. The second-order valence-electron chi connectivity index (χ2n) is 5.08. The van der Waals surface area contributed by atoms with Gasteiger partial charge in [-0.25, -0.2) is 0 Å². The number of aliphatic hydroxyl groups is 2. The van der Waals surface area contributed by atoms with Crippen molar-refractivity contribution >= 4 is 15.9 Å². The molecule has 0 radical (unpaired) electrons. The van der Waals surface area contributed by atoms with Crippen LogP contribution in [-0.2, 0) is 0 Å². The molecule has 2 N–H and O–H groups in total. The zero-order chi connectivity index (χ0) is 13.2. The van der Waals surface area contributed by atoms with E-state index >= 15 is 0 Å². The largest absolute Gasteiger partial charge is 0.490 e. The Morgan fingerprint density at radius 1 is 1.39 bits per heavy atom. The lowest BCUT2D eigenvalue weighted by Crippen LogP contribution is -2.32. The Labute approximate surface area is 116 Å².